The largest absolute Gasteiger partial charge is 0.378 e. The lowest BCUT2D eigenvalue weighted by Gasteiger charge is -2.17. The highest BCUT2D eigenvalue weighted by Crippen LogP contribution is 2.16. The van der Waals surface area contributed by atoms with Crippen LogP contribution in [0.25, 0.3) is 0 Å². The zero-order valence-electron chi connectivity index (χ0n) is 11.5. The van der Waals surface area contributed by atoms with Gasteiger partial charge in [0, 0.05) is 13.2 Å². The van der Waals surface area contributed by atoms with Crippen LogP contribution in [-0.2, 0) is 17.8 Å². The van der Waals surface area contributed by atoms with Crippen molar-refractivity contribution in [1.82, 2.24) is 19.7 Å². The molecule has 2 rings (SSSR count). The Kier molecular flexibility index (Phi) is 5.13. The van der Waals surface area contributed by atoms with Crippen molar-refractivity contribution in [3.63, 3.8) is 0 Å². The van der Waals surface area contributed by atoms with E-state index < -0.39 is 0 Å². The van der Waals surface area contributed by atoms with Crippen molar-refractivity contribution in [2.24, 2.45) is 0 Å². The third-order valence-corrected chi connectivity index (χ3v) is 3.50. The summed E-state index contributed by atoms with van der Waals surface area (Å²) in [4.78, 5) is 6.61. The van der Waals surface area contributed by atoms with Crippen molar-refractivity contribution in [1.29, 1.82) is 0 Å². The molecule has 0 bridgehead atoms. The van der Waals surface area contributed by atoms with Crippen LogP contribution in [-0.4, -0.2) is 46.0 Å². The molecule has 0 saturated carbocycles. The van der Waals surface area contributed by atoms with Gasteiger partial charge < -0.3 is 4.74 Å². The van der Waals surface area contributed by atoms with Crippen LogP contribution in [0.2, 0.25) is 0 Å². The number of ether oxygens (including phenoxy) is 1. The fourth-order valence-electron chi connectivity index (χ4n) is 2.46. The number of hydrogen-bond donors (Lipinski definition) is 0. The van der Waals surface area contributed by atoms with Crippen molar-refractivity contribution in [2.75, 3.05) is 20.2 Å². The number of aromatic nitrogens is 3. The molecule has 0 spiro atoms. The number of rotatable bonds is 7. The van der Waals surface area contributed by atoms with Gasteiger partial charge in [0.05, 0.1) is 12.6 Å². The molecule has 18 heavy (non-hydrogen) atoms. The normalized spacial score (nSPS) is 19.8. The molecule has 5 nitrogen and oxygen atoms in total. The van der Waals surface area contributed by atoms with E-state index in [1.807, 2.05) is 4.68 Å². The number of nitrogens with zero attached hydrogens (tertiary/aromatic N) is 4. The maximum absolute atomic E-state index is 5.63. The molecule has 5 heteroatoms. The van der Waals surface area contributed by atoms with Crippen LogP contribution >= 0.6 is 0 Å². The van der Waals surface area contributed by atoms with Gasteiger partial charge in [0.2, 0.25) is 0 Å². The average Bonchev–Trinajstić information content (AvgIpc) is 3.00. The van der Waals surface area contributed by atoms with Gasteiger partial charge in [-0.15, -0.1) is 0 Å². The smallest absolute Gasteiger partial charge is 0.140 e. The van der Waals surface area contributed by atoms with Gasteiger partial charge >= 0.3 is 0 Å². The second-order valence-corrected chi connectivity index (χ2v) is 5.01. The Hall–Kier alpha value is -0.940. The van der Waals surface area contributed by atoms with Gasteiger partial charge in [-0.1, -0.05) is 0 Å². The van der Waals surface area contributed by atoms with E-state index in [-0.39, 0.29) is 0 Å². The summed E-state index contributed by atoms with van der Waals surface area (Å²) in [6, 6.07) is 0. The molecule has 1 aliphatic rings. The van der Waals surface area contributed by atoms with Gasteiger partial charge in [-0.25, -0.2) is 9.67 Å². The minimum atomic E-state index is 0.512. The van der Waals surface area contributed by atoms with Crippen LogP contribution < -0.4 is 0 Å². The van der Waals surface area contributed by atoms with E-state index in [1.165, 1.54) is 25.7 Å². The van der Waals surface area contributed by atoms with E-state index in [1.54, 1.807) is 6.33 Å². The highest BCUT2D eigenvalue weighted by atomic mass is 16.5. The van der Waals surface area contributed by atoms with Gasteiger partial charge in [-0.3, -0.25) is 4.90 Å². The predicted molar refractivity (Wildman–Crippen MR) is 70.2 cm³/mol. The minimum absolute atomic E-state index is 0.512. The van der Waals surface area contributed by atoms with E-state index in [4.69, 9.17) is 4.74 Å². The minimum Gasteiger partial charge on any atom is -0.378 e. The quantitative estimate of drug-likeness (QED) is 0.740. The zero-order chi connectivity index (χ0) is 12.8. The highest BCUT2D eigenvalue weighted by Gasteiger charge is 2.15. The van der Waals surface area contributed by atoms with E-state index in [0.29, 0.717) is 6.10 Å². The van der Waals surface area contributed by atoms with Gasteiger partial charge in [0.15, 0.2) is 0 Å². The second kappa shape index (κ2) is 6.85. The Morgan fingerprint density at radius 3 is 3.17 bits per heavy atom. The lowest BCUT2D eigenvalue weighted by Crippen LogP contribution is -2.22. The Labute approximate surface area is 109 Å². The molecule has 1 saturated heterocycles. The Morgan fingerprint density at radius 1 is 1.56 bits per heavy atom. The molecule has 0 radical (unpaired) electrons. The van der Waals surface area contributed by atoms with Crippen molar-refractivity contribution in [2.45, 2.75) is 51.8 Å². The van der Waals surface area contributed by atoms with Gasteiger partial charge in [-0.05, 0) is 46.2 Å². The molecule has 102 valence electrons. The lowest BCUT2D eigenvalue weighted by molar-refractivity contribution is 0.0994. The number of hydrogen-bond acceptors (Lipinski definition) is 4. The first-order valence-corrected chi connectivity index (χ1v) is 6.96. The van der Waals surface area contributed by atoms with Crippen LogP contribution in [0.15, 0.2) is 6.33 Å². The fourth-order valence-corrected chi connectivity index (χ4v) is 2.46. The summed E-state index contributed by atoms with van der Waals surface area (Å²) < 4.78 is 7.59. The first-order valence-electron chi connectivity index (χ1n) is 6.96. The molecule has 1 fully saturated rings. The summed E-state index contributed by atoms with van der Waals surface area (Å²) in [5.41, 5.74) is 0. The first kappa shape index (κ1) is 13.5. The van der Waals surface area contributed by atoms with Crippen molar-refractivity contribution in [3.05, 3.63) is 12.2 Å². The molecule has 0 aliphatic carbocycles. The average molecular weight is 252 g/mol. The lowest BCUT2D eigenvalue weighted by atomic mass is 10.1. The summed E-state index contributed by atoms with van der Waals surface area (Å²) in [6.07, 6.45) is 7.01. The highest BCUT2D eigenvalue weighted by molar-refractivity contribution is 4.83. The molecule has 2 heterocycles. The molecule has 0 aromatic carbocycles. The van der Waals surface area contributed by atoms with E-state index in [0.717, 1.165) is 32.1 Å². The molecule has 1 atom stereocenters. The topological polar surface area (TPSA) is 43.2 Å². The van der Waals surface area contributed by atoms with E-state index in [2.05, 4.69) is 29.0 Å². The van der Waals surface area contributed by atoms with Crippen LogP contribution in [0.4, 0.5) is 0 Å². The summed E-state index contributed by atoms with van der Waals surface area (Å²) in [7, 11) is 2.14. The maximum Gasteiger partial charge on any atom is 0.140 e. The summed E-state index contributed by atoms with van der Waals surface area (Å²) in [6.45, 7) is 5.91. The van der Waals surface area contributed by atoms with Crippen molar-refractivity contribution >= 4 is 0 Å². The van der Waals surface area contributed by atoms with Gasteiger partial charge in [0.1, 0.15) is 12.2 Å². The third kappa shape index (κ3) is 3.78. The monoisotopic (exact) mass is 252 g/mol. The van der Waals surface area contributed by atoms with Crippen LogP contribution in [0.5, 0.6) is 0 Å². The standard InChI is InChI=1S/C13H24N4O/c1-3-17-13(14-11-15-17)10-16(2)8-4-6-12-7-5-9-18-12/h11-12H,3-10H2,1-2H3/t12-/m0/s1. The third-order valence-electron chi connectivity index (χ3n) is 3.50. The SMILES string of the molecule is CCn1ncnc1CN(C)CCC[C@H]1CCCO1. The Morgan fingerprint density at radius 2 is 2.44 bits per heavy atom. The summed E-state index contributed by atoms with van der Waals surface area (Å²) in [5, 5.41) is 4.19. The molecule has 1 aliphatic heterocycles. The number of aryl methyl sites for hydroxylation is 1. The van der Waals surface area contributed by atoms with Crippen molar-refractivity contribution in [3.8, 4) is 0 Å². The Balaban J connectivity index is 1.66. The van der Waals surface area contributed by atoms with Crippen LogP contribution in [0.1, 0.15) is 38.4 Å². The van der Waals surface area contributed by atoms with Crippen LogP contribution in [0.3, 0.4) is 0 Å². The maximum atomic E-state index is 5.63. The molecule has 1 aromatic heterocycles. The molecular formula is C13H24N4O. The van der Waals surface area contributed by atoms with Gasteiger partial charge in [-0.2, -0.15) is 5.10 Å². The second-order valence-electron chi connectivity index (χ2n) is 5.01. The van der Waals surface area contributed by atoms with Crippen LogP contribution in [0, 0.1) is 0 Å². The molecule has 0 N–H and O–H groups in total. The Bertz CT molecular complexity index is 347. The van der Waals surface area contributed by atoms with Crippen molar-refractivity contribution < 1.29 is 4.74 Å². The fraction of sp³-hybridized carbons (Fsp3) is 0.846. The molecular weight excluding hydrogens is 228 g/mol. The molecule has 0 amide bonds. The molecule has 0 unspecified atom stereocenters. The van der Waals surface area contributed by atoms with Gasteiger partial charge in [0.25, 0.3) is 0 Å². The predicted octanol–water partition coefficient (Wildman–Crippen LogP) is 1.69. The van der Waals surface area contributed by atoms with E-state index in [9.17, 15) is 0 Å². The summed E-state index contributed by atoms with van der Waals surface area (Å²) in [5.74, 6) is 1.05. The molecule has 1 aromatic rings. The van der Waals surface area contributed by atoms with E-state index >= 15 is 0 Å². The first-order chi connectivity index (χ1) is 8.79. The zero-order valence-corrected chi connectivity index (χ0v) is 11.5. The summed E-state index contributed by atoms with van der Waals surface area (Å²) >= 11 is 0.